The monoisotopic (exact) mass is 528 g/mol. The summed E-state index contributed by atoms with van der Waals surface area (Å²) in [5.41, 5.74) is 3.81. The van der Waals surface area contributed by atoms with Crippen LogP contribution >= 0.6 is 0 Å². The molecule has 1 N–H and O–H groups in total. The number of furan rings is 1. The quantitative estimate of drug-likeness (QED) is 0.219. The van der Waals surface area contributed by atoms with Gasteiger partial charge in [0.25, 0.3) is 11.7 Å². The normalized spacial score (nSPS) is 19.3. The molecule has 1 amide bonds. The maximum Gasteiger partial charge on any atom is 0.300 e. The van der Waals surface area contributed by atoms with E-state index >= 15 is 0 Å². The second-order valence-corrected chi connectivity index (χ2v) is 10.7. The molecular formula is C32H36N2O5. The van der Waals surface area contributed by atoms with Crippen LogP contribution in [0.4, 0.5) is 11.4 Å². The lowest BCUT2D eigenvalue weighted by Crippen LogP contribution is -2.30. The Bertz CT molecular complexity index is 1430. The molecule has 3 heterocycles. The van der Waals surface area contributed by atoms with Gasteiger partial charge in [0, 0.05) is 30.0 Å². The number of carbonyl (C=O) groups is 2. The number of aliphatic hydroxyl groups excluding tert-OH is 1. The zero-order chi connectivity index (χ0) is 27.8. The summed E-state index contributed by atoms with van der Waals surface area (Å²) >= 11 is 0. The Labute approximate surface area is 229 Å². The molecule has 0 aliphatic carbocycles. The minimum atomic E-state index is -0.900. The smallest absolute Gasteiger partial charge is 0.300 e. The Hall–Kier alpha value is -4.00. The summed E-state index contributed by atoms with van der Waals surface area (Å²) in [6, 6.07) is 14.1. The van der Waals surface area contributed by atoms with E-state index in [1.165, 1.54) is 11.3 Å². The standard InChI is InChI=1S/C32H36N2O5/c1-19(2)24-18-25(20(3)17-27(24)38-5)30(35)28-29(26-14-9-21(4)39-26)34(32(37)31(28)36)23-12-10-22(11-13-23)33-15-7-6-8-16-33/h9-14,17-19,29,35H,6-8,15-16H2,1-5H3/b30-28+. The number of anilines is 2. The van der Waals surface area contributed by atoms with Gasteiger partial charge in [0.1, 0.15) is 29.1 Å². The number of Topliss-reactive ketones (excluding diaryl/α,β-unsaturated/α-hetero) is 1. The molecule has 204 valence electrons. The number of piperidine rings is 1. The number of hydrogen-bond acceptors (Lipinski definition) is 6. The zero-order valence-electron chi connectivity index (χ0n) is 23.3. The number of aryl methyl sites for hydroxylation is 2. The fraction of sp³-hybridized carbons (Fsp3) is 0.375. The topological polar surface area (TPSA) is 83.2 Å². The SMILES string of the molecule is COc1cc(C)c(/C(O)=C2\C(=O)C(=O)N(c3ccc(N4CCCCC4)cc3)C2c2ccc(C)o2)cc1C(C)C. The molecule has 2 aliphatic heterocycles. The third-order valence-corrected chi connectivity index (χ3v) is 7.78. The summed E-state index contributed by atoms with van der Waals surface area (Å²) in [6.45, 7) is 9.75. The highest BCUT2D eigenvalue weighted by atomic mass is 16.5. The summed E-state index contributed by atoms with van der Waals surface area (Å²) < 4.78 is 11.5. The van der Waals surface area contributed by atoms with Crippen LogP contribution in [0.3, 0.4) is 0 Å². The molecule has 1 aromatic heterocycles. The van der Waals surface area contributed by atoms with Crippen molar-refractivity contribution in [3.8, 4) is 5.75 Å². The minimum absolute atomic E-state index is 0.0115. The van der Waals surface area contributed by atoms with E-state index in [0.29, 0.717) is 28.5 Å². The van der Waals surface area contributed by atoms with E-state index < -0.39 is 17.7 Å². The number of aliphatic hydroxyl groups is 1. The van der Waals surface area contributed by atoms with Crippen molar-refractivity contribution in [2.75, 3.05) is 30.0 Å². The van der Waals surface area contributed by atoms with Crippen LogP contribution in [0, 0.1) is 13.8 Å². The Morgan fingerprint density at radius 1 is 0.974 bits per heavy atom. The second kappa shape index (κ2) is 10.6. The van der Waals surface area contributed by atoms with Crippen molar-refractivity contribution in [3.63, 3.8) is 0 Å². The van der Waals surface area contributed by atoms with Gasteiger partial charge in [-0.05, 0) is 98.7 Å². The molecule has 7 nitrogen and oxygen atoms in total. The first-order valence-corrected chi connectivity index (χ1v) is 13.6. The van der Waals surface area contributed by atoms with E-state index in [0.717, 1.165) is 42.7 Å². The van der Waals surface area contributed by atoms with Crippen molar-refractivity contribution in [1.29, 1.82) is 0 Å². The highest BCUT2D eigenvalue weighted by Crippen LogP contribution is 2.44. The molecule has 5 rings (SSSR count). The number of rotatable bonds is 6. The summed E-state index contributed by atoms with van der Waals surface area (Å²) in [6.07, 6.45) is 3.57. The van der Waals surface area contributed by atoms with Gasteiger partial charge in [-0.1, -0.05) is 13.8 Å². The maximum atomic E-state index is 13.6. The van der Waals surface area contributed by atoms with Crippen molar-refractivity contribution in [1.82, 2.24) is 0 Å². The first kappa shape index (κ1) is 26.6. The second-order valence-electron chi connectivity index (χ2n) is 10.7. The van der Waals surface area contributed by atoms with Crippen LogP contribution in [-0.2, 0) is 9.59 Å². The molecule has 1 atom stereocenters. The Kier molecular flexibility index (Phi) is 7.25. The van der Waals surface area contributed by atoms with Crippen molar-refractivity contribution >= 4 is 28.8 Å². The molecular weight excluding hydrogens is 492 g/mol. The molecule has 0 saturated carbocycles. The fourth-order valence-electron chi connectivity index (χ4n) is 5.67. The molecule has 0 bridgehead atoms. The predicted octanol–water partition coefficient (Wildman–Crippen LogP) is 6.65. The van der Waals surface area contributed by atoms with E-state index in [2.05, 4.69) is 4.90 Å². The Balaban J connectivity index is 1.63. The first-order valence-electron chi connectivity index (χ1n) is 13.6. The van der Waals surface area contributed by atoms with Crippen molar-refractivity contribution in [2.45, 2.75) is 58.9 Å². The lowest BCUT2D eigenvalue weighted by molar-refractivity contribution is -0.132. The minimum Gasteiger partial charge on any atom is -0.507 e. The van der Waals surface area contributed by atoms with Crippen molar-refractivity contribution < 1.29 is 23.8 Å². The van der Waals surface area contributed by atoms with Crippen LogP contribution in [0.15, 0.2) is 58.5 Å². The van der Waals surface area contributed by atoms with Gasteiger partial charge in [-0.3, -0.25) is 14.5 Å². The average molecular weight is 529 g/mol. The molecule has 2 aliphatic rings. The molecule has 7 heteroatoms. The number of amides is 1. The van der Waals surface area contributed by atoms with Gasteiger partial charge in [0.2, 0.25) is 0 Å². The van der Waals surface area contributed by atoms with Gasteiger partial charge in [-0.2, -0.15) is 0 Å². The number of benzene rings is 2. The van der Waals surface area contributed by atoms with Crippen LogP contribution in [0.5, 0.6) is 5.75 Å². The molecule has 0 radical (unpaired) electrons. The highest BCUT2D eigenvalue weighted by molar-refractivity contribution is 6.51. The Morgan fingerprint density at radius 2 is 1.64 bits per heavy atom. The number of hydrogen-bond donors (Lipinski definition) is 1. The molecule has 3 aromatic rings. The lowest BCUT2D eigenvalue weighted by atomic mass is 9.92. The van der Waals surface area contributed by atoms with Gasteiger partial charge >= 0.3 is 0 Å². The number of ketones is 1. The van der Waals surface area contributed by atoms with E-state index in [1.807, 2.05) is 64.1 Å². The predicted molar refractivity (Wildman–Crippen MR) is 153 cm³/mol. The molecule has 2 saturated heterocycles. The number of nitrogens with zero attached hydrogens (tertiary/aromatic N) is 2. The van der Waals surface area contributed by atoms with E-state index in [-0.39, 0.29) is 17.3 Å². The number of methoxy groups -OCH3 is 1. The van der Waals surface area contributed by atoms with Crippen LogP contribution in [0.25, 0.3) is 5.76 Å². The van der Waals surface area contributed by atoms with Gasteiger partial charge in [0.15, 0.2) is 0 Å². The van der Waals surface area contributed by atoms with Crippen LogP contribution in [0.1, 0.15) is 73.3 Å². The Morgan fingerprint density at radius 3 is 2.23 bits per heavy atom. The molecule has 2 aromatic carbocycles. The summed E-state index contributed by atoms with van der Waals surface area (Å²) in [7, 11) is 1.61. The fourth-order valence-corrected chi connectivity index (χ4v) is 5.67. The van der Waals surface area contributed by atoms with E-state index in [9.17, 15) is 14.7 Å². The summed E-state index contributed by atoms with van der Waals surface area (Å²) in [4.78, 5) is 30.9. The number of ether oxygens (including phenoxy) is 1. The van der Waals surface area contributed by atoms with Crippen molar-refractivity contribution in [2.24, 2.45) is 0 Å². The maximum absolute atomic E-state index is 13.6. The van der Waals surface area contributed by atoms with Crippen molar-refractivity contribution in [3.05, 3.63) is 82.3 Å². The van der Waals surface area contributed by atoms with Crippen LogP contribution in [-0.4, -0.2) is 37.0 Å². The zero-order valence-corrected chi connectivity index (χ0v) is 23.3. The van der Waals surface area contributed by atoms with Crippen LogP contribution < -0.4 is 14.5 Å². The largest absolute Gasteiger partial charge is 0.507 e. The third kappa shape index (κ3) is 4.82. The van der Waals surface area contributed by atoms with E-state index in [1.54, 1.807) is 19.2 Å². The lowest BCUT2D eigenvalue weighted by Gasteiger charge is -2.29. The van der Waals surface area contributed by atoms with Gasteiger partial charge in [0.05, 0.1) is 12.7 Å². The molecule has 0 spiro atoms. The third-order valence-electron chi connectivity index (χ3n) is 7.78. The van der Waals surface area contributed by atoms with Crippen LogP contribution in [0.2, 0.25) is 0 Å². The van der Waals surface area contributed by atoms with Gasteiger partial charge in [-0.25, -0.2) is 0 Å². The molecule has 39 heavy (non-hydrogen) atoms. The summed E-state index contributed by atoms with van der Waals surface area (Å²) in [5.74, 6) is 0.247. The highest BCUT2D eigenvalue weighted by Gasteiger charge is 2.48. The van der Waals surface area contributed by atoms with E-state index in [4.69, 9.17) is 9.15 Å². The van der Waals surface area contributed by atoms with Gasteiger partial charge < -0.3 is 19.2 Å². The summed E-state index contributed by atoms with van der Waals surface area (Å²) in [5, 5.41) is 11.7. The molecule has 1 unspecified atom stereocenters. The van der Waals surface area contributed by atoms with Gasteiger partial charge in [-0.15, -0.1) is 0 Å². The average Bonchev–Trinajstić information content (AvgIpc) is 3.48. The number of carbonyl (C=O) groups excluding carboxylic acids is 2. The first-order chi connectivity index (χ1) is 18.7. The molecule has 2 fully saturated rings.